The molecule has 1 unspecified atom stereocenters. The second kappa shape index (κ2) is 3.67. The molecule has 0 aromatic heterocycles. The molecule has 8 heavy (non-hydrogen) atoms. The molecular weight excluding hydrogens is 100 g/mol. The van der Waals surface area contributed by atoms with Crippen LogP contribution in [-0.4, -0.2) is 11.2 Å². The monoisotopic (exact) mass is 114 g/mol. The van der Waals surface area contributed by atoms with Gasteiger partial charge in [0.15, 0.2) is 0 Å². The Morgan fingerprint density at radius 3 is 2.38 bits per heavy atom. The Morgan fingerprint density at radius 2 is 2.25 bits per heavy atom. The molecule has 0 radical (unpaired) electrons. The second-order valence-corrected chi connectivity index (χ2v) is 2.07. The van der Waals surface area contributed by atoms with Crippen LogP contribution >= 0.6 is 0 Å². The lowest BCUT2D eigenvalue weighted by molar-refractivity contribution is 0.134. The summed E-state index contributed by atoms with van der Waals surface area (Å²) < 4.78 is 0. The molecule has 1 heteroatoms. The molecule has 0 fully saturated rings. The highest BCUT2D eigenvalue weighted by Crippen LogP contribution is 2.05. The van der Waals surface area contributed by atoms with E-state index >= 15 is 0 Å². The highest BCUT2D eigenvalue weighted by Gasteiger charge is 2.05. The van der Waals surface area contributed by atoms with Crippen LogP contribution in [0.25, 0.3) is 0 Å². The zero-order valence-electron chi connectivity index (χ0n) is 5.59. The Labute approximate surface area is 51.0 Å². The first-order valence-electron chi connectivity index (χ1n) is 3.03. The Hall–Kier alpha value is -0.300. The van der Waals surface area contributed by atoms with Gasteiger partial charge in [-0.2, -0.15) is 0 Å². The highest BCUT2D eigenvalue weighted by molar-refractivity contribution is 4.79. The molecular formula is C7H14O. The average molecular weight is 114 g/mol. The third kappa shape index (κ3) is 2.12. The van der Waals surface area contributed by atoms with Gasteiger partial charge in [-0.25, -0.2) is 0 Å². The fourth-order valence-corrected chi connectivity index (χ4v) is 0.529. The van der Waals surface area contributed by atoms with E-state index in [1.807, 2.05) is 13.8 Å². The highest BCUT2D eigenvalue weighted by atomic mass is 16.3. The van der Waals surface area contributed by atoms with Crippen molar-refractivity contribution in [3.8, 4) is 0 Å². The van der Waals surface area contributed by atoms with E-state index in [1.165, 1.54) is 0 Å². The summed E-state index contributed by atoms with van der Waals surface area (Å²) in [5.74, 6) is 0.236. The molecule has 0 aliphatic rings. The number of hydrogen-bond donors (Lipinski definition) is 1. The van der Waals surface area contributed by atoms with E-state index in [0.29, 0.717) is 0 Å². The zero-order chi connectivity index (χ0) is 6.57. The van der Waals surface area contributed by atoms with Crippen molar-refractivity contribution in [3.05, 3.63) is 12.7 Å². The van der Waals surface area contributed by atoms with Crippen molar-refractivity contribution >= 4 is 0 Å². The Bertz CT molecular complexity index is 68.8. The molecule has 0 saturated carbocycles. The molecule has 48 valence electrons. The van der Waals surface area contributed by atoms with Crippen LogP contribution in [-0.2, 0) is 0 Å². The van der Waals surface area contributed by atoms with Crippen molar-refractivity contribution in [1.29, 1.82) is 0 Å². The standard InChI is InChI=1S/C7H14O/c1-4-6(3)7(8)5-2/h4,6-8H,1,5H2,2-3H3/t6?,7-/m1/s1. The summed E-state index contributed by atoms with van der Waals surface area (Å²) in [6.07, 6.45) is 2.38. The zero-order valence-corrected chi connectivity index (χ0v) is 5.59. The first-order chi connectivity index (χ1) is 3.72. The van der Waals surface area contributed by atoms with Crippen molar-refractivity contribution < 1.29 is 5.11 Å². The van der Waals surface area contributed by atoms with E-state index < -0.39 is 0 Å². The summed E-state index contributed by atoms with van der Waals surface area (Å²) in [7, 11) is 0. The fraction of sp³-hybridized carbons (Fsp3) is 0.714. The topological polar surface area (TPSA) is 20.2 Å². The molecule has 0 rings (SSSR count). The number of aliphatic hydroxyl groups is 1. The first kappa shape index (κ1) is 7.70. The second-order valence-electron chi connectivity index (χ2n) is 2.07. The fourth-order valence-electron chi connectivity index (χ4n) is 0.529. The molecule has 0 aliphatic heterocycles. The quantitative estimate of drug-likeness (QED) is 0.552. The van der Waals surface area contributed by atoms with E-state index in [-0.39, 0.29) is 12.0 Å². The number of hydrogen-bond acceptors (Lipinski definition) is 1. The Kier molecular flexibility index (Phi) is 3.53. The maximum atomic E-state index is 9.06. The van der Waals surface area contributed by atoms with E-state index in [2.05, 4.69) is 6.58 Å². The van der Waals surface area contributed by atoms with Crippen LogP contribution in [0.1, 0.15) is 20.3 Å². The van der Waals surface area contributed by atoms with Crippen molar-refractivity contribution in [2.45, 2.75) is 26.4 Å². The van der Waals surface area contributed by atoms with E-state index in [9.17, 15) is 0 Å². The predicted molar refractivity (Wildman–Crippen MR) is 35.7 cm³/mol. The number of rotatable bonds is 3. The van der Waals surface area contributed by atoms with E-state index in [4.69, 9.17) is 5.11 Å². The van der Waals surface area contributed by atoms with E-state index in [0.717, 1.165) is 6.42 Å². The minimum absolute atomic E-state index is 0.201. The van der Waals surface area contributed by atoms with Gasteiger partial charge in [0, 0.05) is 0 Å². The predicted octanol–water partition coefficient (Wildman–Crippen LogP) is 1.58. The third-order valence-electron chi connectivity index (χ3n) is 1.40. The lowest BCUT2D eigenvalue weighted by atomic mass is 10.0. The van der Waals surface area contributed by atoms with Crippen LogP contribution < -0.4 is 0 Å². The van der Waals surface area contributed by atoms with Crippen molar-refractivity contribution in [2.75, 3.05) is 0 Å². The molecule has 0 amide bonds. The van der Waals surface area contributed by atoms with Crippen molar-refractivity contribution in [1.82, 2.24) is 0 Å². The van der Waals surface area contributed by atoms with Gasteiger partial charge in [-0.05, 0) is 12.3 Å². The van der Waals surface area contributed by atoms with Crippen LogP contribution in [0.5, 0.6) is 0 Å². The lowest BCUT2D eigenvalue weighted by Crippen LogP contribution is -2.13. The van der Waals surface area contributed by atoms with Gasteiger partial charge in [-0.3, -0.25) is 0 Å². The summed E-state index contributed by atoms with van der Waals surface area (Å²) in [5.41, 5.74) is 0. The normalized spacial score (nSPS) is 17.4. The molecule has 2 atom stereocenters. The maximum absolute atomic E-state index is 9.06. The van der Waals surface area contributed by atoms with Gasteiger partial charge in [-0.15, -0.1) is 6.58 Å². The van der Waals surface area contributed by atoms with Crippen LogP contribution in [0.2, 0.25) is 0 Å². The van der Waals surface area contributed by atoms with E-state index in [1.54, 1.807) is 6.08 Å². The summed E-state index contributed by atoms with van der Waals surface area (Å²) in [6, 6.07) is 0. The molecule has 0 saturated heterocycles. The van der Waals surface area contributed by atoms with Gasteiger partial charge >= 0.3 is 0 Å². The molecule has 0 heterocycles. The van der Waals surface area contributed by atoms with Crippen LogP contribution in [0.3, 0.4) is 0 Å². The Balaban J connectivity index is 3.44. The van der Waals surface area contributed by atoms with Crippen molar-refractivity contribution in [3.63, 3.8) is 0 Å². The number of aliphatic hydroxyl groups excluding tert-OH is 1. The Morgan fingerprint density at radius 1 is 1.75 bits per heavy atom. The molecule has 0 bridgehead atoms. The summed E-state index contributed by atoms with van der Waals surface area (Å²) >= 11 is 0. The lowest BCUT2D eigenvalue weighted by Gasteiger charge is -2.10. The summed E-state index contributed by atoms with van der Waals surface area (Å²) in [6.45, 7) is 7.49. The molecule has 0 aromatic rings. The third-order valence-corrected chi connectivity index (χ3v) is 1.40. The van der Waals surface area contributed by atoms with Crippen LogP contribution in [0.4, 0.5) is 0 Å². The van der Waals surface area contributed by atoms with Gasteiger partial charge in [0.25, 0.3) is 0 Å². The van der Waals surface area contributed by atoms with Crippen molar-refractivity contribution in [2.24, 2.45) is 5.92 Å². The first-order valence-corrected chi connectivity index (χ1v) is 3.03. The molecule has 0 aromatic carbocycles. The molecule has 0 spiro atoms. The summed E-state index contributed by atoms with van der Waals surface area (Å²) in [5, 5.41) is 9.06. The SMILES string of the molecule is C=CC(C)[C@H](O)CC. The van der Waals surface area contributed by atoms with Gasteiger partial charge < -0.3 is 5.11 Å². The van der Waals surface area contributed by atoms with Gasteiger partial charge in [0.05, 0.1) is 6.10 Å². The average Bonchev–Trinajstić information content (AvgIpc) is 1.84. The molecule has 1 N–H and O–H groups in total. The van der Waals surface area contributed by atoms with Gasteiger partial charge in [0.1, 0.15) is 0 Å². The maximum Gasteiger partial charge on any atom is 0.0597 e. The smallest absolute Gasteiger partial charge is 0.0597 e. The minimum atomic E-state index is -0.201. The molecule has 1 nitrogen and oxygen atoms in total. The van der Waals surface area contributed by atoms with Gasteiger partial charge in [-0.1, -0.05) is 19.9 Å². The minimum Gasteiger partial charge on any atom is -0.393 e. The molecule has 0 aliphatic carbocycles. The van der Waals surface area contributed by atoms with Gasteiger partial charge in [0.2, 0.25) is 0 Å². The largest absolute Gasteiger partial charge is 0.393 e. The summed E-state index contributed by atoms with van der Waals surface area (Å²) in [4.78, 5) is 0. The van der Waals surface area contributed by atoms with Crippen LogP contribution in [0.15, 0.2) is 12.7 Å². The van der Waals surface area contributed by atoms with Crippen LogP contribution in [0, 0.1) is 5.92 Å².